The molecule has 5 nitrogen and oxygen atoms in total. The SMILES string of the molecule is CN1CCCCC1CCNCCc1ccc([N+](=O)[O-])cc1. The summed E-state index contributed by atoms with van der Waals surface area (Å²) < 4.78 is 0. The van der Waals surface area contributed by atoms with Gasteiger partial charge in [-0.2, -0.15) is 0 Å². The predicted octanol–water partition coefficient (Wildman–Crippen LogP) is 2.60. The van der Waals surface area contributed by atoms with Gasteiger partial charge >= 0.3 is 0 Å². The van der Waals surface area contributed by atoms with Crippen LogP contribution >= 0.6 is 0 Å². The number of nitrogens with zero attached hydrogens (tertiary/aromatic N) is 2. The smallest absolute Gasteiger partial charge is 0.269 e. The molecule has 21 heavy (non-hydrogen) atoms. The van der Waals surface area contributed by atoms with Gasteiger partial charge in [-0.05, 0) is 57.9 Å². The second-order valence-corrected chi connectivity index (χ2v) is 5.84. The highest BCUT2D eigenvalue weighted by atomic mass is 16.6. The number of nitro groups is 1. The molecule has 1 aliphatic rings. The van der Waals surface area contributed by atoms with Gasteiger partial charge in [-0.25, -0.2) is 0 Å². The minimum atomic E-state index is -0.358. The van der Waals surface area contributed by atoms with Gasteiger partial charge in [0.2, 0.25) is 0 Å². The topological polar surface area (TPSA) is 58.4 Å². The van der Waals surface area contributed by atoms with Crippen molar-refractivity contribution < 1.29 is 4.92 Å². The van der Waals surface area contributed by atoms with E-state index in [0.29, 0.717) is 0 Å². The van der Waals surface area contributed by atoms with Crippen molar-refractivity contribution in [1.82, 2.24) is 10.2 Å². The average Bonchev–Trinajstić information content (AvgIpc) is 2.49. The number of piperidine rings is 1. The van der Waals surface area contributed by atoms with Crippen molar-refractivity contribution in [2.24, 2.45) is 0 Å². The van der Waals surface area contributed by atoms with E-state index < -0.39 is 0 Å². The zero-order chi connectivity index (χ0) is 15.1. The summed E-state index contributed by atoms with van der Waals surface area (Å²) in [6.07, 6.45) is 6.13. The molecule has 1 atom stereocenters. The Morgan fingerprint density at radius 3 is 2.71 bits per heavy atom. The highest BCUT2D eigenvalue weighted by Gasteiger charge is 2.17. The molecule has 0 saturated carbocycles. The Labute approximate surface area is 126 Å². The van der Waals surface area contributed by atoms with E-state index >= 15 is 0 Å². The Morgan fingerprint density at radius 1 is 1.29 bits per heavy atom. The van der Waals surface area contributed by atoms with Crippen LogP contribution in [0.3, 0.4) is 0 Å². The summed E-state index contributed by atoms with van der Waals surface area (Å²) in [5, 5.41) is 14.1. The number of likely N-dealkylation sites (tertiary alicyclic amines) is 1. The molecule has 1 aliphatic heterocycles. The number of nitrogens with one attached hydrogen (secondary N) is 1. The number of rotatable bonds is 7. The summed E-state index contributed by atoms with van der Waals surface area (Å²) in [5.41, 5.74) is 1.30. The van der Waals surface area contributed by atoms with E-state index in [1.165, 1.54) is 32.2 Å². The van der Waals surface area contributed by atoms with Gasteiger partial charge < -0.3 is 10.2 Å². The summed E-state index contributed by atoms with van der Waals surface area (Å²) in [6.45, 7) is 3.20. The molecule has 0 bridgehead atoms. The lowest BCUT2D eigenvalue weighted by Crippen LogP contribution is -2.38. The number of hydrogen-bond donors (Lipinski definition) is 1. The van der Waals surface area contributed by atoms with E-state index in [2.05, 4.69) is 17.3 Å². The predicted molar refractivity (Wildman–Crippen MR) is 84.6 cm³/mol. The standard InChI is InChI=1S/C16H25N3O2/c1-18-13-3-2-4-15(18)10-12-17-11-9-14-5-7-16(8-6-14)19(20)21/h5-8,15,17H,2-4,9-13H2,1H3. The lowest BCUT2D eigenvalue weighted by Gasteiger charge is -2.32. The Kier molecular flexibility index (Phi) is 6.14. The minimum Gasteiger partial charge on any atom is -0.316 e. The van der Waals surface area contributed by atoms with E-state index in [0.717, 1.165) is 31.1 Å². The monoisotopic (exact) mass is 291 g/mol. The molecule has 1 aromatic carbocycles. The van der Waals surface area contributed by atoms with Crippen LogP contribution in [0, 0.1) is 10.1 Å². The molecule has 1 unspecified atom stereocenters. The summed E-state index contributed by atoms with van der Waals surface area (Å²) in [5.74, 6) is 0. The zero-order valence-corrected chi connectivity index (χ0v) is 12.8. The van der Waals surface area contributed by atoms with Crippen LogP contribution in [0.15, 0.2) is 24.3 Å². The fourth-order valence-corrected chi connectivity index (χ4v) is 2.92. The zero-order valence-electron chi connectivity index (χ0n) is 12.8. The molecule has 2 rings (SSSR count). The van der Waals surface area contributed by atoms with Crippen molar-refractivity contribution in [1.29, 1.82) is 0 Å². The first-order valence-electron chi connectivity index (χ1n) is 7.81. The molecule has 1 heterocycles. The Bertz CT molecular complexity index is 447. The molecule has 0 amide bonds. The van der Waals surface area contributed by atoms with Crippen molar-refractivity contribution in [3.05, 3.63) is 39.9 Å². The summed E-state index contributed by atoms with van der Waals surface area (Å²) in [7, 11) is 2.22. The molecule has 1 aromatic rings. The molecule has 1 saturated heterocycles. The highest BCUT2D eigenvalue weighted by Crippen LogP contribution is 2.17. The third-order valence-electron chi connectivity index (χ3n) is 4.31. The first-order chi connectivity index (χ1) is 10.2. The maximum Gasteiger partial charge on any atom is 0.269 e. The first-order valence-corrected chi connectivity index (χ1v) is 7.81. The molecule has 1 N–H and O–H groups in total. The summed E-state index contributed by atoms with van der Waals surface area (Å²) in [4.78, 5) is 12.7. The second kappa shape index (κ2) is 8.10. The van der Waals surface area contributed by atoms with Crippen molar-refractivity contribution in [3.63, 3.8) is 0 Å². The van der Waals surface area contributed by atoms with Gasteiger partial charge in [-0.15, -0.1) is 0 Å². The lowest BCUT2D eigenvalue weighted by atomic mass is 10.0. The van der Waals surface area contributed by atoms with E-state index in [1.54, 1.807) is 12.1 Å². The lowest BCUT2D eigenvalue weighted by molar-refractivity contribution is -0.384. The quantitative estimate of drug-likeness (QED) is 0.476. The van der Waals surface area contributed by atoms with Crippen LogP contribution in [0.2, 0.25) is 0 Å². The van der Waals surface area contributed by atoms with Crippen LogP contribution in [-0.4, -0.2) is 42.5 Å². The maximum atomic E-state index is 10.6. The number of benzene rings is 1. The largest absolute Gasteiger partial charge is 0.316 e. The van der Waals surface area contributed by atoms with Gasteiger partial charge in [-0.3, -0.25) is 10.1 Å². The summed E-state index contributed by atoms with van der Waals surface area (Å²) in [6, 6.07) is 7.56. The Morgan fingerprint density at radius 2 is 2.05 bits per heavy atom. The van der Waals surface area contributed by atoms with Crippen molar-refractivity contribution >= 4 is 5.69 Å². The van der Waals surface area contributed by atoms with Crippen LogP contribution in [0.4, 0.5) is 5.69 Å². The molecule has 1 fully saturated rings. The van der Waals surface area contributed by atoms with Gasteiger partial charge in [0.1, 0.15) is 0 Å². The number of hydrogen-bond acceptors (Lipinski definition) is 4. The Hall–Kier alpha value is -1.46. The van der Waals surface area contributed by atoms with Gasteiger partial charge in [0.15, 0.2) is 0 Å². The van der Waals surface area contributed by atoms with Crippen molar-refractivity contribution in [3.8, 4) is 0 Å². The van der Waals surface area contributed by atoms with Crippen molar-refractivity contribution in [2.75, 3.05) is 26.7 Å². The number of nitro benzene ring substituents is 1. The molecule has 0 spiro atoms. The molecule has 116 valence electrons. The first kappa shape index (κ1) is 15.9. The molecular formula is C16H25N3O2. The third kappa shape index (κ3) is 5.10. The fourth-order valence-electron chi connectivity index (χ4n) is 2.92. The van der Waals surface area contributed by atoms with E-state index in [4.69, 9.17) is 0 Å². The van der Waals surface area contributed by atoms with Gasteiger partial charge in [-0.1, -0.05) is 18.6 Å². The summed E-state index contributed by atoms with van der Waals surface area (Å²) >= 11 is 0. The van der Waals surface area contributed by atoms with Crippen LogP contribution in [0.25, 0.3) is 0 Å². The van der Waals surface area contributed by atoms with Gasteiger partial charge in [0, 0.05) is 18.2 Å². The van der Waals surface area contributed by atoms with Crippen LogP contribution in [0.5, 0.6) is 0 Å². The maximum absolute atomic E-state index is 10.6. The van der Waals surface area contributed by atoms with E-state index in [-0.39, 0.29) is 10.6 Å². The van der Waals surface area contributed by atoms with Gasteiger partial charge in [0.25, 0.3) is 5.69 Å². The van der Waals surface area contributed by atoms with E-state index in [1.807, 2.05) is 12.1 Å². The second-order valence-electron chi connectivity index (χ2n) is 5.84. The minimum absolute atomic E-state index is 0.159. The van der Waals surface area contributed by atoms with Gasteiger partial charge in [0.05, 0.1) is 4.92 Å². The molecule has 0 aromatic heterocycles. The Balaban J connectivity index is 1.62. The molecule has 0 aliphatic carbocycles. The van der Waals surface area contributed by atoms with Crippen LogP contribution in [0.1, 0.15) is 31.2 Å². The molecule has 5 heteroatoms. The van der Waals surface area contributed by atoms with Crippen LogP contribution < -0.4 is 5.32 Å². The molecular weight excluding hydrogens is 266 g/mol. The fraction of sp³-hybridized carbons (Fsp3) is 0.625. The average molecular weight is 291 g/mol. The highest BCUT2D eigenvalue weighted by molar-refractivity contribution is 5.32. The normalized spacial score (nSPS) is 19.6. The van der Waals surface area contributed by atoms with E-state index in [9.17, 15) is 10.1 Å². The molecule has 0 radical (unpaired) electrons. The van der Waals surface area contributed by atoms with Crippen molar-refractivity contribution in [2.45, 2.75) is 38.1 Å². The number of non-ortho nitro benzene ring substituents is 1. The third-order valence-corrected chi connectivity index (χ3v) is 4.31. The van der Waals surface area contributed by atoms with Crippen LogP contribution in [-0.2, 0) is 6.42 Å².